The van der Waals surface area contributed by atoms with Gasteiger partial charge in [-0.3, -0.25) is 28.5 Å². The second-order valence-corrected chi connectivity index (χ2v) is 6.54. The van der Waals surface area contributed by atoms with Crippen molar-refractivity contribution in [2.75, 3.05) is 6.61 Å². The van der Waals surface area contributed by atoms with Gasteiger partial charge in [0, 0.05) is 40.0 Å². The molecule has 0 aliphatic carbocycles. The molecule has 11 nitrogen and oxygen atoms in total. The highest BCUT2D eigenvalue weighted by Gasteiger charge is 2.52. The van der Waals surface area contributed by atoms with Gasteiger partial charge in [-0.05, 0) is 6.07 Å². The van der Waals surface area contributed by atoms with Gasteiger partial charge in [0.2, 0.25) is 0 Å². The van der Waals surface area contributed by atoms with Gasteiger partial charge in [0.1, 0.15) is 12.7 Å². The summed E-state index contributed by atoms with van der Waals surface area (Å²) in [7, 11) is 0. The van der Waals surface area contributed by atoms with Crippen LogP contribution in [0, 0.1) is 0 Å². The Labute approximate surface area is 171 Å². The number of hydrogen-bond donors (Lipinski definition) is 0. The summed E-state index contributed by atoms with van der Waals surface area (Å²) in [4.78, 5) is 58.8. The third-order valence-electron chi connectivity index (χ3n) is 4.09. The maximum absolute atomic E-state index is 12.4. The zero-order chi connectivity index (χ0) is 22.4. The van der Waals surface area contributed by atoms with Crippen LogP contribution in [-0.2, 0) is 42.9 Å². The quantitative estimate of drug-likeness (QED) is 0.456. The molecule has 1 aromatic rings. The molecule has 0 amide bonds. The molecule has 5 atom stereocenters. The second-order valence-electron chi connectivity index (χ2n) is 6.54. The highest BCUT2D eigenvalue weighted by atomic mass is 16.7. The average molecular weight is 425 g/mol. The van der Waals surface area contributed by atoms with E-state index in [9.17, 15) is 24.0 Å². The predicted octanol–water partition coefficient (Wildman–Crippen LogP) is 0.104. The van der Waals surface area contributed by atoms with E-state index in [1.54, 1.807) is 6.07 Å². The highest BCUT2D eigenvalue weighted by Crippen LogP contribution is 2.34. The summed E-state index contributed by atoms with van der Waals surface area (Å²) in [5, 5.41) is 0. The van der Waals surface area contributed by atoms with E-state index in [2.05, 4.69) is 0 Å². The molecule has 0 aromatic carbocycles. The van der Waals surface area contributed by atoms with Gasteiger partial charge in [0.15, 0.2) is 24.5 Å². The smallest absolute Gasteiger partial charge is 0.303 e. The monoisotopic (exact) mass is 425 g/mol. The molecule has 2 heterocycles. The van der Waals surface area contributed by atoms with Crippen LogP contribution in [0.5, 0.6) is 0 Å². The van der Waals surface area contributed by atoms with Crippen LogP contribution in [0.4, 0.5) is 0 Å². The Morgan fingerprint density at radius 3 is 1.97 bits per heavy atom. The molecular formula is C19H23NO10. The number of rotatable bonds is 6. The third kappa shape index (κ3) is 5.89. The molecule has 1 aromatic heterocycles. The summed E-state index contributed by atoms with van der Waals surface area (Å²) in [5.41, 5.74) is -0.488. The summed E-state index contributed by atoms with van der Waals surface area (Å²) >= 11 is 0. The van der Waals surface area contributed by atoms with Gasteiger partial charge < -0.3 is 23.7 Å². The van der Waals surface area contributed by atoms with E-state index in [1.165, 1.54) is 25.3 Å². The maximum Gasteiger partial charge on any atom is 0.303 e. The molecule has 1 saturated heterocycles. The van der Waals surface area contributed by atoms with Crippen molar-refractivity contribution in [3.8, 4) is 0 Å². The van der Waals surface area contributed by atoms with Crippen LogP contribution in [-0.4, -0.2) is 59.5 Å². The molecule has 2 rings (SSSR count). The number of pyridine rings is 1. The Morgan fingerprint density at radius 2 is 1.43 bits per heavy atom. The lowest BCUT2D eigenvalue weighted by molar-refractivity contribution is -0.269. The number of nitrogens with zero attached hydrogens (tertiary/aromatic N) is 1. The van der Waals surface area contributed by atoms with Crippen molar-refractivity contribution in [1.29, 1.82) is 0 Å². The van der Waals surface area contributed by atoms with Crippen molar-refractivity contribution in [2.24, 2.45) is 0 Å². The van der Waals surface area contributed by atoms with Crippen LogP contribution < -0.4 is 5.56 Å². The van der Waals surface area contributed by atoms with Crippen molar-refractivity contribution in [3.05, 3.63) is 34.7 Å². The zero-order valence-corrected chi connectivity index (χ0v) is 16.9. The summed E-state index contributed by atoms with van der Waals surface area (Å²) in [5.74, 6) is -2.85. The van der Waals surface area contributed by atoms with E-state index >= 15 is 0 Å². The third-order valence-corrected chi connectivity index (χ3v) is 4.09. The normalized spacial score (nSPS) is 25.7. The fourth-order valence-electron chi connectivity index (χ4n) is 3.08. The Morgan fingerprint density at radius 1 is 0.867 bits per heavy atom. The van der Waals surface area contributed by atoms with E-state index < -0.39 is 60.1 Å². The number of carbonyl (C=O) groups is 4. The first-order valence-corrected chi connectivity index (χ1v) is 9.07. The minimum Gasteiger partial charge on any atom is -0.463 e. The zero-order valence-electron chi connectivity index (χ0n) is 16.9. The predicted molar refractivity (Wildman–Crippen MR) is 97.9 cm³/mol. The number of ether oxygens (including phenoxy) is 5. The van der Waals surface area contributed by atoms with Gasteiger partial charge in [0.25, 0.3) is 5.56 Å². The van der Waals surface area contributed by atoms with Crippen molar-refractivity contribution in [1.82, 2.24) is 4.57 Å². The molecule has 0 bridgehead atoms. The number of esters is 4. The molecule has 0 N–H and O–H groups in total. The van der Waals surface area contributed by atoms with E-state index in [4.69, 9.17) is 23.7 Å². The maximum atomic E-state index is 12.4. The summed E-state index contributed by atoms with van der Waals surface area (Å²) in [6.45, 7) is 4.18. The topological polar surface area (TPSA) is 136 Å². The first-order valence-electron chi connectivity index (χ1n) is 9.07. The molecule has 30 heavy (non-hydrogen) atoms. The lowest BCUT2D eigenvalue weighted by Crippen LogP contribution is -2.61. The highest BCUT2D eigenvalue weighted by molar-refractivity contribution is 5.68. The fraction of sp³-hybridized carbons (Fsp3) is 0.526. The Bertz CT molecular complexity index is 863. The van der Waals surface area contributed by atoms with E-state index in [0.717, 1.165) is 25.3 Å². The van der Waals surface area contributed by atoms with Crippen LogP contribution in [0.3, 0.4) is 0 Å². The second kappa shape index (κ2) is 10.0. The first-order chi connectivity index (χ1) is 14.1. The molecule has 1 aliphatic heterocycles. The van der Waals surface area contributed by atoms with Crippen LogP contribution in [0.25, 0.3) is 0 Å². The average Bonchev–Trinajstić information content (AvgIpc) is 2.63. The van der Waals surface area contributed by atoms with Gasteiger partial charge >= 0.3 is 23.9 Å². The van der Waals surface area contributed by atoms with E-state index in [0.29, 0.717) is 0 Å². The fourth-order valence-corrected chi connectivity index (χ4v) is 3.08. The molecular weight excluding hydrogens is 402 g/mol. The van der Waals surface area contributed by atoms with E-state index in [1.807, 2.05) is 0 Å². The Hall–Kier alpha value is -3.21. The molecule has 0 radical (unpaired) electrons. The van der Waals surface area contributed by atoms with Gasteiger partial charge in [-0.1, -0.05) is 6.07 Å². The minimum absolute atomic E-state index is 0.365. The molecule has 164 valence electrons. The summed E-state index contributed by atoms with van der Waals surface area (Å²) in [6.07, 6.45) is -4.91. The Kier molecular flexibility index (Phi) is 7.70. The Balaban J connectivity index is 2.56. The SMILES string of the molecule is CC(=O)OC[C@H]1O[C@H](n2ccccc2=O)[C@@H](OC(C)=O)[C@@H](OC(C)=O)[C@@H]1OC(C)=O. The number of carbonyl (C=O) groups excluding carboxylic acids is 4. The molecule has 1 aliphatic rings. The molecule has 1 fully saturated rings. The van der Waals surface area contributed by atoms with Crippen molar-refractivity contribution in [3.63, 3.8) is 0 Å². The van der Waals surface area contributed by atoms with Gasteiger partial charge in [-0.15, -0.1) is 0 Å². The van der Waals surface area contributed by atoms with Crippen LogP contribution in [0.1, 0.15) is 33.9 Å². The largest absolute Gasteiger partial charge is 0.463 e. The molecule has 0 saturated carbocycles. The van der Waals surface area contributed by atoms with Gasteiger partial charge in [0.05, 0.1) is 0 Å². The minimum atomic E-state index is -1.33. The number of hydrogen-bond acceptors (Lipinski definition) is 10. The van der Waals surface area contributed by atoms with Crippen molar-refractivity contribution in [2.45, 2.75) is 58.3 Å². The molecule has 0 spiro atoms. The lowest BCUT2D eigenvalue weighted by atomic mass is 9.97. The van der Waals surface area contributed by atoms with E-state index in [-0.39, 0.29) is 6.61 Å². The van der Waals surface area contributed by atoms with Crippen LogP contribution in [0.15, 0.2) is 29.2 Å². The van der Waals surface area contributed by atoms with Crippen molar-refractivity contribution < 1.29 is 42.9 Å². The van der Waals surface area contributed by atoms with Crippen LogP contribution in [0.2, 0.25) is 0 Å². The van der Waals surface area contributed by atoms with Crippen LogP contribution >= 0.6 is 0 Å². The molecule has 0 unspecified atom stereocenters. The van der Waals surface area contributed by atoms with Gasteiger partial charge in [-0.2, -0.15) is 0 Å². The number of aromatic nitrogens is 1. The lowest BCUT2D eigenvalue weighted by Gasteiger charge is -2.44. The van der Waals surface area contributed by atoms with Crippen molar-refractivity contribution >= 4 is 23.9 Å². The van der Waals surface area contributed by atoms with Gasteiger partial charge in [-0.25, -0.2) is 0 Å². The summed E-state index contributed by atoms with van der Waals surface area (Å²) < 4.78 is 27.9. The molecule has 11 heteroatoms. The standard InChI is InChI=1S/C19H23NO10/c1-10(21)26-9-14-16(27-11(2)22)17(28-12(3)23)18(29-13(4)24)19(30-14)20-8-6-5-7-15(20)25/h5-8,14,16-19H,9H2,1-4H3/t14-,16-,17+,18+,19+/m1/s1. The summed E-state index contributed by atoms with van der Waals surface area (Å²) in [6, 6.07) is 4.31. The first kappa shape index (κ1) is 23.1.